The first-order valence-electron chi connectivity index (χ1n) is 8.57. The summed E-state index contributed by atoms with van der Waals surface area (Å²) in [6.07, 6.45) is 3.72. The second-order valence-corrected chi connectivity index (χ2v) is 6.79. The lowest BCUT2D eigenvalue weighted by Crippen LogP contribution is -2.30. The zero-order chi connectivity index (χ0) is 18.7. The third-order valence-corrected chi connectivity index (χ3v) is 4.76. The highest BCUT2D eigenvalue weighted by Gasteiger charge is 2.35. The second-order valence-electron chi connectivity index (χ2n) is 6.36. The number of hydrogen-bond acceptors (Lipinski definition) is 4. The number of aromatic nitrogens is 2. The van der Waals surface area contributed by atoms with E-state index in [-0.39, 0.29) is 23.7 Å². The summed E-state index contributed by atoms with van der Waals surface area (Å²) in [4.78, 5) is 25.1. The van der Waals surface area contributed by atoms with Crippen molar-refractivity contribution in [3.63, 3.8) is 0 Å². The van der Waals surface area contributed by atoms with Gasteiger partial charge in [-0.25, -0.2) is 0 Å². The van der Waals surface area contributed by atoms with Crippen molar-refractivity contribution in [2.24, 2.45) is 13.0 Å². The van der Waals surface area contributed by atoms with Crippen molar-refractivity contribution in [3.05, 3.63) is 46.7 Å². The zero-order valence-electron chi connectivity index (χ0n) is 14.8. The first kappa shape index (κ1) is 18.4. The zero-order valence-corrected chi connectivity index (χ0v) is 15.5. The molecule has 8 heteroatoms. The number of nitrogens with zero attached hydrogens (tertiary/aromatic N) is 2. The van der Waals surface area contributed by atoms with Gasteiger partial charge in [0.25, 0.3) is 5.91 Å². The molecule has 1 aromatic carbocycles. The van der Waals surface area contributed by atoms with E-state index >= 15 is 0 Å². The average Bonchev–Trinajstić information content (AvgIpc) is 3.25. The van der Waals surface area contributed by atoms with Crippen LogP contribution in [0.2, 0.25) is 5.02 Å². The number of hydrogen-bond donors (Lipinski definition) is 3. The van der Waals surface area contributed by atoms with Crippen molar-refractivity contribution in [2.45, 2.75) is 12.8 Å². The summed E-state index contributed by atoms with van der Waals surface area (Å²) >= 11 is 6.02. The number of rotatable bonds is 5. The van der Waals surface area contributed by atoms with Crippen molar-refractivity contribution < 1.29 is 9.59 Å². The largest absolute Gasteiger partial charge is 0.352 e. The number of nitrogens with one attached hydrogen (secondary N) is 3. The van der Waals surface area contributed by atoms with Crippen LogP contribution in [-0.4, -0.2) is 41.2 Å². The van der Waals surface area contributed by atoms with E-state index in [4.69, 9.17) is 11.6 Å². The molecular formula is C18H22ClN5O2. The smallest absolute Gasteiger partial charge is 0.253 e. The van der Waals surface area contributed by atoms with Gasteiger partial charge in [0.05, 0.1) is 23.4 Å². The Balaban J connectivity index is 1.80. The molecule has 0 unspecified atom stereocenters. The maximum Gasteiger partial charge on any atom is 0.253 e. The molecule has 0 spiro atoms. The van der Waals surface area contributed by atoms with Gasteiger partial charge in [-0.05, 0) is 30.7 Å². The summed E-state index contributed by atoms with van der Waals surface area (Å²) < 4.78 is 1.73. The molecule has 1 fully saturated rings. The molecule has 1 saturated heterocycles. The quantitative estimate of drug-likeness (QED) is 0.743. The maximum absolute atomic E-state index is 12.9. The van der Waals surface area contributed by atoms with E-state index in [1.54, 1.807) is 29.1 Å². The third kappa shape index (κ3) is 3.89. The van der Waals surface area contributed by atoms with Crippen LogP contribution in [-0.2, 0) is 11.8 Å². The van der Waals surface area contributed by atoms with Crippen molar-refractivity contribution in [1.82, 2.24) is 20.4 Å². The second kappa shape index (κ2) is 7.88. The molecule has 1 aliphatic rings. The van der Waals surface area contributed by atoms with Gasteiger partial charge in [0.15, 0.2) is 0 Å². The predicted octanol–water partition coefficient (Wildman–Crippen LogP) is 1.76. The molecule has 3 rings (SSSR count). The molecule has 0 radical (unpaired) electrons. The third-order valence-electron chi connectivity index (χ3n) is 4.53. The van der Waals surface area contributed by atoms with E-state index in [2.05, 4.69) is 21.0 Å². The van der Waals surface area contributed by atoms with Crippen LogP contribution in [0.5, 0.6) is 0 Å². The van der Waals surface area contributed by atoms with Crippen LogP contribution in [0, 0.1) is 5.92 Å². The molecule has 1 aromatic heterocycles. The number of carbonyl (C=O) groups is 2. The normalized spacial score (nSPS) is 19.3. The van der Waals surface area contributed by atoms with Crippen molar-refractivity contribution in [3.8, 4) is 0 Å². The highest BCUT2D eigenvalue weighted by molar-refractivity contribution is 6.31. The molecule has 2 amide bonds. The van der Waals surface area contributed by atoms with Crippen LogP contribution in [0.1, 0.15) is 28.8 Å². The van der Waals surface area contributed by atoms with E-state index < -0.39 is 0 Å². The summed E-state index contributed by atoms with van der Waals surface area (Å²) in [6.45, 7) is 3.63. The van der Waals surface area contributed by atoms with Crippen molar-refractivity contribution in [1.29, 1.82) is 0 Å². The number of aryl methyl sites for hydroxylation is 1. The first-order chi connectivity index (χ1) is 12.5. The summed E-state index contributed by atoms with van der Waals surface area (Å²) in [5.74, 6) is -0.587. The molecule has 3 N–H and O–H groups in total. The number of benzene rings is 1. The fourth-order valence-corrected chi connectivity index (χ4v) is 3.40. The van der Waals surface area contributed by atoms with E-state index in [1.807, 2.05) is 20.2 Å². The number of carbonyl (C=O) groups excluding carboxylic acids is 2. The molecule has 2 heterocycles. The van der Waals surface area contributed by atoms with E-state index in [1.165, 1.54) is 0 Å². The molecule has 26 heavy (non-hydrogen) atoms. The van der Waals surface area contributed by atoms with E-state index in [0.29, 0.717) is 35.9 Å². The lowest BCUT2D eigenvalue weighted by Gasteiger charge is -2.18. The Morgan fingerprint density at radius 2 is 2.19 bits per heavy atom. The molecule has 0 aliphatic carbocycles. The summed E-state index contributed by atoms with van der Waals surface area (Å²) in [6, 6.07) is 4.88. The van der Waals surface area contributed by atoms with Gasteiger partial charge in [-0.1, -0.05) is 11.6 Å². The van der Waals surface area contributed by atoms with E-state index in [9.17, 15) is 9.59 Å². The number of amides is 2. The van der Waals surface area contributed by atoms with Gasteiger partial charge >= 0.3 is 0 Å². The molecule has 1 aliphatic heterocycles. The minimum atomic E-state index is -0.265. The maximum atomic E-state index is 12.9. The fraction of sp³-hybridized carbons (Fsp3) is 0.389. The molecule has 0 saturated carbocycles. The van der Waals surface area contributed by atoms with Gasteiger partial charge in [0.1, 0.15) is 0 Å². The standard InChI is InChI=1S/C18H22ClN5O2/c1-3-21-17(25)13-6-12(19)4-5-16(13)23-18(26)15-9-20-8-14(15)11-7-22-24(2)10-11/h4-7,10,14-15,20H,3,8-9H2,1-2H3,(H,21,25)(H,23,26)/t14-,15+/m1/s1. The number of halogens is 1. The van der Waals surface area contributed by atoms with Gasteiger partial charge < -0.3 is 16.0 Å². The van der Waals surface area contributed by atoms with E-state index in [0.717, 1.165) is 5.56 Å². The number of anilines is 1. The highest BCUT2D eigenvalue weighted by atomic mass is 35.5. The van der Waals surface area contributed by atoms with Gasteiger partial charge in [0, 0.05) is 43.8 Å². The molecule has 7 nitrogen and oxygen atoms in total. The Labute approximate surface area is 157 Å². The monoisotopic (exact) mass is 375 g/mol. The van der Waals surface area contributed by atoms with Crippen LogP contribution in [0.3, 0.4) is 0 Å². The Morgan fingerprint density at radius 3 is 2.88 bits per heavy atom. The molecule has 138 valence electrons. The van der Waals surface area contributed by atoms with Gasteiger partial charge in [0.2, 0.25) is 5.91 Å². The molecule has 2 aromatic rings. The summed E-state index contributed by atoms with van der Waals surface area (Å²) in [5, 5.41) is 13.5. The van der Waals surface area contributed by atoms with Crippen molar-refractivity contribution in [2.75, 3.05) is 25.0 Å². The minimum Gasteiger partial charge on any atom is -0.352 e. The Morgan fingerprint density at radius 1 is 1.38 bits per heavy atom. The Kier molecular flexibility index (Phi) is 5.58. The Bertz CT molecular complexity index is 820. The fourth-order valence-electron chi connectivity index (χ4n) is 3.23. The highest BCUT2D eigenvalue weighted by Crippen LogP contribution is 2.30. The molecule has 2 atom stereocenters. The van der Waals surface area contributed by atoms with Crippen LogP contribution in [0.15, 0.2) is 30.6 Å². The average molecular weight is 376 g/mol. The minimum absolute atomic E-state index is 0.0453. The van der Waals surface area contributed by atoms with Gasteiger partial charge in [-0.3, -0.25) is 14.3 Å². The SMILES string of the molecule is CCNC(=O)c1cc(Cl)ccc1NC(=O)[C@H]1CNC[C@@H]1c1cnn(C)c1. The lowest BCUT2D eigenvalue weighted by atomic mass is 9.90. The summed E-state index contributed by atoms with van der Waals surface area (Å²) in [5.41, 5.74) is 1.84. The summed E-state index contributed by atoms with van der Waals surface area (Å²) in [7, 11) is 1.85. The van der Waals surface area contributed by atoms with Crippen LogP contribution in [0.25, 0.3) is 0 Å². The first-order valence-corrected chi connectivity index (χ1v) is 8.95. The Hall–Kier alpha value is -2.38. The van der Waals surface area contributed by atoms with Gasteiger partial charge in [-0.2, -0.15) is 5.10 Å². The van der Waals surface area contributed by atoms with Crippen molar-refractivity contribution >= 4 is 29.1 Å². The lowest BCUT2D eigenvalue weighted by molar-refractivity contribution is -0.119. The topological polar surface area (TPSA) is 88.1 Å². The van der Waals surface area contributed by atoms with Crippen LogP contribution in [0.4, 0.5) is 5.69 Å². The van der Waals surface area contributed by atoms with Crippen LogP contribution < -0.4 is 16.0 Å². The predicted molar refractivity (Wildman–Crippen MR) is 100 cm³/mol. The van der Waals surface area contributed by atoms with Crippen LogP contribution >= 0.6 is 11.6 Å². The van der Waals surface area contributed by atoms with Gasteiger partial charge in [-0.15, -0.1) is 0 Å². The molecular weight excluding hydrogens is 354 g/mol. The molecule has 0 bridgehead atoms.